The largest absolute Gasteiger partial charge is 0.338 e. The van der Waals surface area contributed by atoms with E-state index >= 15 is 0 Å². The summed E-state index contributed by atoms with van der Waals surface area (Å²) in [5.74, 6) is -0.995. The van der Waals surface area contributed by atoms with Crippen molar-refractivity contribution in [1.29, 1.82) is 0 Å². The van der Waals surface area contributed by atoms with E-state index in [2.05, 4.69) is 25.9 Å². The number of benzene rings is 2. The van der Waals surface area contributed by atoms with E-state index in [9.17, 15) is 17.6 Å². The lowest BCUT2D eigenvalue weighted by Gasteiger charge is -2.11. The summed E-state index contributed by atoms with van der Waals surface area (Å²) < 4.78 is 37.1. The number of primary sulfonamides is 1. The number of carbonyl (C=O) groups is 1. The fraction of sp³-hybridized carbons (Fsp3) is 0.0556. The number of rotatable bonds is 6. The summed E-state index contributed by atoms with van der Waals surface area (Å²) in [6.07, 6.45) is 0.971. The zero-order valence-electron chi connectivity index (χ0n) is 15.2. The molecule has 5 N–H and O–H groups in total. The van der Waals surface area contributed by atoms with Crippen LogP contribution in [0, 0.1) is 5.82 Å². The number of hydrogen-bond donors (Lipinski definition) is 4. The van der Waals surface area contributed by atoms with Crippen LogP contribution in [0.1, 0.15) is 6.92 Å². The van der Waals surface area contributed by atoms with Crippen molar-refractivity contribution in [1.82, 2.24) is 9.97 Å². The SMILES string of the molecule is CC(=O)Nc1cccc(Nc2nc(Nc3cccc(S(N)(=O)=O)c3)ncc2F)c1. The van der Waals surface area contributed by atoms with Crippen LogP contribution >= 0.6 is 0 Å². The number of nitrogens with two attached hydrogens (primary N) is 1. The van der Waals surface area contributed by atoms with Gasteiger partial charge in [-0.1, -0.05) is 12.1 Å². The monoisotopic (exact) mass is 416 g/mol. The Morgan fingerprint density at radius 1 is 1.03 bits per heavy atom. The number of halogens is 1. The van der Waals surface area contributed by atoms with Gasteiger partial charge in [0, 0.05) is 24.0 Å². The summed E-state index contributed by atoms with van der Waals surface area (Å²) >= 11 is 0. The molecule has 1 heterocycles. The van der Waals surface area contributed by atoms with Crippen LogP contribution < -0.4 is 21.1 Å². The molecule has 0 atom stereocenters. The smallest absolute Gasteiger partial charge is 0.238 e. The minimum absolute atomic E-state index is 0.0403. The Hall–Kier alpha value is -3.57. The number of amides is 1. The van der Waals surface area contributed by atoms with Gasteiger partial charge in [0.25, 0.3) is 0 Å². The van der Waals surface area contributed by atoms with Crippen molar-refractivity contribution in [3.05, 3.63) is 60.5 Å². The van der Waals surface area contributed by atoms with Gasteiger partial charge in [-0.3, -0.25) is 4.79 Å². The molecule has 3 aromatic rings. The highest BCUT2D eigenvalue weighted by atomic mass is 32.2. The van der Waals surface area contributed by atoms with Crippen LogP contribution in [0.25, 0.3) is 0 Å². The number of aromatic nitrogens is 2. The van der Waals surface area contributed by atoms with Gasteiger partial charge in [-0.15, -0.1) is 0 Å². The van der Waals surface area contributed by atoms with Crippen LogP contribution in [0.5, 0.6) is 0 Å². The summed E-state index contributed by atoms with van der Waals surface area (Å²) in [5, 5.41) is 13.4. The van der Waals surface area contributed by atoms with Crippen molar-refractivity contribution in [3.8, 4) is 0 Å². The van der Waals surface area contributed by atoms with Crippen LogP contribution in [-0.4, -0.2) is 24.3 Å². The predicted molar refractivity (Wildman–Crippen MR) is 107 cm³/mol. The molecule has 3 rings (SSSR count). The van der Waals surface area contributed by atoms with E-state index in [-0.39, 0.29) is 22.6 Å². The first kappa shape index (κ1) is 20.2. The molecule has 2 aromatic carbocycles. The second-order valence-corrected chi connectivity index (χ2v) is 7.54. The molecule has 0 saturated heterocycles. The molecular weight excluding hydrogens is 399 g/mol. The Morgan fingerprint density at radius 2 is 1.69 bits per heavy atom. The molecule has 0 aliphatic carbocycles. The summed E-state index contributed by atoms with van der Waals surface area (Å²) in [4.78, 5) is 19.0. The van der Waals surface area contributed by atoms with Crippen molar-refractivity contribution in [2.24, 2.45) is 5.14 Å². The Labute approximate surface area is 166 Å². The minimum Gasteiger partial charge on any atom is -0.338 e. The average Bonchev–Trinajstić information content (AvgIpc) is 2.64. The van der Waals surface area contributed by atoms with Crippen LogP contribution in [0.15, 0.2) is 59.6 Å². The van der Waals surface area contributed by atoms with Crippen LogP contribution in [0.4, 0.5) is 33.2 Å². The molecule has 0 spiro atoms. The van der Waals surface area contributed by atoms with E-state index in [1.54, 1.807) is 30.3 Å². The zero-order valence-corrected chi connectivity index (χ0v) is 16.0. The highest BCUT2D eigenvalue weighted by Gasteiger charge is 2.11. The number of sulfonamides is 1. The van der Waals surface area contributed by atoms with Crippen LogP contribution in [-0.2, 0) is 14.8 Å². The lowest BCUT2D eigenvalue weighted by atomic mass is 10.2. The van der Waals surface area contributed by atoms with E-state index in [0.29, 0.717) is 17.1 Å². The maximum absolute atomic E-state index is 14.1. The first-order chi connectivity index (χ1) is 13.7. The van der Waals surface area contributed by atoms with E-state index in [1.165, 1.54) is 25.1 Å². The molecule has 0 bridgehead atoms. The third-order valence-electron chi connectivity index (χ3n) is 3.61. The van der Waals surface area contributed by atoms with Gasteiger partial charge in [0.2, 0.25) is 21.9 Å². The molecule has 11 heteroatoms. The molecule has 0 saturated carbocycles. The van der Waals surface area contributed by atoms with Gasteiger partial charge in [-0.2, -0.15) is 4.98 Å². The Balaban J connectivity index is 1.83. The number of nitrogens with one attached hydrogen (secondary N) is 3. The number of carbonyl (C=O) groups excluding carboxylic acids is 1. The van der Waals surface area contributed by atoms with E-state index < -0.39 is 15.8 Å². The summed E-state index contributed by atoms with van der Waals surface area (Å²) in [6.45, 7) is 1.38. The van der Waals surface area contributed by atoms with Crippen molar-refractivity contribution in [2.75, 3.05) is 16.0 Å². The Bertz CT molecular complexity index is 1170. The second kappa shape index (κ2) is 8.20. The Kier molecular flexibility index (Phi) is 5.71. The third-order valence-corrected chi connectivity index (χ3v) is 4.52. The summed E-state index contributed by atoms with van der Waals surface area (Å²) in [6, 6.07) is 12.4. The molecule has 0 aliphatic rings. The van der Waals surface area contributed by atoms with Crippen molar-refractivity contribution >= 4 is 44.8 Å². The number of anilines is 5. The highest BCUT2D eigenvalue weighted by Crippen LogP contribution is 2.23. The maximum atomic E-state index is 14.1. The van der Waals surface area contributed by atoms with Crippen molar-refractivity contribution < 1.29 is 17.6 Å². The number of hydrogen-bond acceptors (Lipinski definition) is 7. The zero-order chi connectivity index (χ0) is 21.0. The Morgan fingerprint density at radius 3 is 2.38 bits per heavy atom. The van der Waals surface area contributed by atoms with Gasteiger partial charge in [0.05, 0.1) is 11.1 Å². The molecular formula is C18H17FN6O3S. The summed E-state index contributed by atoms with van der Waals surface area (Å²) in [7, 11) is -3.87. The molecule has 29 heavy (non-hydrogen) atoms. The first-order valence-electron chi connectivity index (χ1n) is 8.28. The van der Waals surface area contributed by atoms with Gasteiger partial charge < -0.3 is 16.0 Å². The molecule has 0 fully saturated rings. The van der Waals surface area contributed by atoms with Crippen molar-refractivity contribution in [3.63, 3.8) is 0 Å². The van der Waals surface area contributed by atoms with Gasteiger partial charge in [0.15, 0.2) is 11.6 Å². The lowest BCUT2D eigenvalue weighted by molar-refractivity contribution is -0.114. The summed E-state index contributed by atoms with van der Waals surface area (Å²) in [5.41, 5.74) is 1.40. The molecule has 0 aliphatic heterocycles. The van der Waals surface area contributed by atoms with Gasteiger partial charge in [0.1, 0.15) is 0 Å². The molecule has 1 aromatic heterocycles. The third kappa shape index (κ3) is 5.46. The minimum atomic E-state index is -3.87. The van der Waals surface area contributed by atoms with Gasteiger partial charge in [-0.25, -0.2) is 22.9 Å². The predicted octanol–water partition coefficient (Wildman–Crippen LogP) is 2.71. The first-order valence-corrected chi connectivity index (χ1v) is 9.82. The van der Waals surface area contributed by atoms with Crippen LogP contribution in [0.3, 0.4) is 0 Å². The molecule has 150 valence electrons. The van der Waals surface area contributed by atoms with E-state index in [4.69, 9.17) is 5.14 Å². The van der Waals surface area contributed by atoms with Crippen molar-refractivity contribution in [2.45, 2.75) is 11.8 Å². The fourth-order valence-corrected chi connectivity index (χ4v) is 2.97. The fourth-order valence-electron chi connectivity index (χ4n) is 2.41. The standard InChI is InChI=1S/C18H17FN6O3S/c1-11(26)22-12-4-2-5-13(8-12)23-17-16(19)10-21-18(25-17)24-14-6-3-7-15(9-14)29(20,27)28/h2-10H,1H3,(H,22,26)(H2,20,27,28)(H2,21,23,24,25). The molecule has 1 amide bonds. The van der Waals surface area contributed by atoms with Crippen LogP contribution in [0.2, 0.25) is 0 Å². The topological polar surface area (TPSA) is 139 Å². The molecule has 0 unspecified atom stereocenters. The molecule has 9 nitrogen and oxygen atoms in total. The maximum Gasteiger partial charge on any atom is 0.238 e. The van der Waals surface area contributed by atoms with Gasteiger partial charge in [-0.05, 0) is 36.4 Å². The van der Waals surface area contributed by atoms with E-state index in [0.717, 1.165) is 6.20 Å². The number of nitrogens with zero attached hydrogens (tertiary/aromatic N) is 2. The van der Waals surface area contributed by atoms with Gasteiger partial charge >= 0.3 is 0 Å². The normalized spacial score (nSPS) is 11.0. The van der Waals surface area contributed by atoms with E-state index in [1.807, 2.05) is 0 Å². The molecule has 0 radical (unpaired) electrons. The lowest BCUT2D eigenvalue weighted by Crippen LogP contribution is -2.12. The average molecular weight is 416 g/mol. The highest BCUT2D eigenvalue weighted by molar-refractivity contribution is 7.89. The quantitative estimate of drug-likeness (QED) is 0.484. The second-order valence-electron chi connectivity index (χ2n) is 5.97.